The average molecular weight is 126 g/mol. The molecule has 2 nitrogen and oxygen atoms in total. The van der Waals surface area contributed by atoms with Crippen molar-refractivity contribution in [3.8, 4) is 0 Å². The lowest BCUT2D eigenvalue weighted by molar-refractivity contribution is 1.25. The summed E-state index contributed by atoms with van der Waals surface area (Å²) in [7, 11) is 0. The summed E-state index contributed by atoms with van der Waals surface area (Å²) in [6, 6.07) is 3.51. The predicted octanol–water partition coefficient (Wildman–Crippen LogP) is 0.952. The Morgan fingerprint density at radius 1 is 1.50 bits per heavy atom. The molecule has 1 aromatic rings. The van der Waals surface area contributed by atoms with Gasteiger partial charge in [0.15, 0.2) is 0 Å². The first-order chi connectivity index (χ1) is 3.79. The zero-order valence-corrected chi connectivity index (χ0v) is 5.10. The van der Waals surface area contributed by atoms with Crippen LogP contribution in [0.15, 0.2) is 23.2 Å². The van der Waals surface area contributed by atoms with Crippen LogP contribution in [0.4, 0.5) is 5.82 Å². The van der Waals surface area contributed by atoms with Gasteiger partial charge in [-0.05, 0) is 12.1 Å². The second-order valence-electron chi connectivity index (χ2n) is 1.44. The van der Waals surface area contributed by atoms with Crippen molar-refractivity contribution in [1.29, 1.82) is 0 Å². The summed E-state index contributed by atoms with van der Waals surface area (Å²) in [5, 5.41) is 0. The summed E-state index contributed by atoms with van der Waals surface area (Å²) in [6.07, 6.45) is 1.61. The number of thiol groups is 1. The van der Waals surface area contributed by atoms with E-state index < -0.39 is 0 Å². The first-order valence-corrected chi connectivity index (χ1v) is 2.64. The van der Waals surface area contributed by atoms with E-state index in [4.69, 9.17) is 5.73 Å². The molecule has 0 fully saturated rings. The van der Waals surface area contributed by atoms with E-state index in [1.807, 2.05) is 0 Å². The van der Waals surface area contributed by atoms with Crippen LogP contribution in [0, 0.1) is 0 Å². The molecule has 0 saturated carbocycles. The summed E-state index contributed by atoms with van der Waals surface area (Å²) < 4.78 is 0. The second kappa shape index (κ2) is 2.05. The van der Waals surface area contributed by atoms with Gasteiger partial charge >= 0.3 is 0 Å². The van der Waals surface area contributed by atoms with Crippen molar-refractivity contribution in [1.82, 2.24) is 4.98 Å². The highest BCUT2D eigenvalue weighted by atomic mass is 32.1. The number of aromatic nitrogens is 1. The van der Waals surface area contributed by atoms with Crippen molar-refractivity contribution in [3.63, 3.8) is 0 Å². The second-order valence-corrected chi connectivity index (χ2v) is 1.96. The molecule has 0 aliphatic rings. The van der Waals surface area contributed by atoms with Gasteiger partial charge in [0.25, 0.3) is 0 Å². The predicted molar refractivity (Wildman–Crippen MR) is 35.9 cm³/mol. The monoisotopic (exact) mass is 126 g/mol. The Balaban J connectivity index is 3.03. The first-order valence-electron chi connectivity index (χ1n) is 2.19. The third-order valence-corrected chi connectivity index (χ3v) is 1.04. The minimum Gasteiger partial charge on any atom is -0.384 e. The quantitative estimate of drug-likeness (QED) is 0.508. The molecule has 0 amide bonds. The molecule has 2 N–H and O–H groups in total. The van der Waals surface area contributed by atoms with Gasteiger partial charge in [0.1, 0.15) is 5.82 Å². The fourth-order valence-electron chi connectivity index (χ4n) is 0.397. The molecule has 0 saturated heterocycles. The number of nitrogens with two attached hydrogens (primary N) is 1. The summed E-state index contributed by atoms with van der Waals surface area (Å²) in [5.41, 5.74) is 5.28. The Morgan fingerprint density at radius 2 is 2.25 bits per heavy atom. The van der Waals surface area contributed by atoms with Gasteiger partial charge in [-0.15, -0.1) is 12.6 Å². The number of hydrogen-bond acceptors (Lipinski definition) is 3. The number of nitrogens with zero attached hydrogens (tertiary/aromatic N) is 1. The molecule has 0 atom stereocenters. The molecule has 0 aromatic carbocycles. The van der Waals surface area contributed by atoms with Crippen molar-refractivity contribution in [3.05, 3.63) is 18.3 Å². The maximum absolute atomic E-state index is 5.28. The fourth-order valence-corrected chi connectivity index (χ4v) is 0.530. The lowest BCUT2D eigenvalue weighted by Gasteiger charge is -1.88. The van der Waals surface area contributed by atoms with Gasteiger partial charge in [-0.2, -0.15) is 0 Å². The van der Waals surface area contributed by atoms with Crippen molar-refractivity contribution in [2.45, 2.75) is 4.90 Å². The Hall–Kier alpha value is -0.700. The minimum absolute atomic E-state index is 0.530. The van der Waals surface area contributed by atoms with Crippen molar-refractivity contribution >= 4 is 18.4 Å². The van der Waals surface area contributed by atoms with Gasteiger partial charge in [0.05, 0.1) is 0 Å². The minimum atomic E-state index is 0.530. The molecule has 0 spiro atoms. The standard InChI is InChI=1S/C5H6N2S/c6-5-2-1-4(8)3-7-5/h1-3,8H,(H2,6,7). The van der Waals surface area contributed by atoms with Crippen LogP contribution in [0.25, 0.3) is 0 Å². The van der Waals surface area contributed by atoms with Crippen LogP contribution in [0.5, 0.6) is 0 Å². The molecule has 1 rings (SSSR count). The maximum atomic E-state index is 5.28. The number of hydrogen-bond donors (Lipinski definition) is 2. The molecule has 0 radical (unpaired) electrons. The Morgan fingerprint density at radius 3 is 2.62 bits per heavy atom. The topological polar surface area (TPSA) is 38.9 Å². The van der Waals surface area contributed by atoms with Crippen molar-refractivity contribution in [2.75, 3.05) is 5.73 Å². The molecule has 42 valence electrons. The van der Waals surface area contributed by atoms with Crippen molar-refractivity contribution < 1.29 is 0 Å². The van der Waals surface area contributed by atoms with Gasteiger partial charge in [0.2, 0.25) is 0 Å². The van der Waals surface area contributed by atoms with Crippen LogP contribution in [-0.2, 0) is 0 Å². The van der Waals surface area contributed by atoms with E-state index >= 15 is 0 Å². The van der Waals surface area contributed by atoms with Crippen LogP contribution >= 0.6 is 12.6 Å². The fraction of sp³-hybridized carbons (Fsp3) is 0. The molecule has 1 heterocycles. The lowest BCUT2D eigenvalue weighted by atomic mass is 10.5. The van der Waals surface area contributed by atoms with Gasteiger partial charge in [-0.3, -0.25) is 0 Å². The largest absolute Gasteiger partial charge is 0.384 e. The van der Waals surface area contributed by atoms with E-state index in [2.05, 4.69) is 17.6 Å². The SMILES string of the molecule is Nc1ccc(S)cn1. The van der Waals surface area contributed by atoms with E-state index in [0.717, 1.165) is 4.90 Å². The normalized spacial score (nSPS) is 9.12. The number of rotatable bonds is 0. The van der Waals surface area contributed by atoms with Crippen LogP contribution in [-0.4, -0.2) is 4.98 Å². The zero-order valence-electron chi connectivity index (χ0n) is 4.20. The third kappa shape index (κ3) is 1.13. The Bertz CT molecular complexity index is 149. The summed E-state index contributed by atoms with van der Waals surface area (Å²) in [5.74, 6) is 0.530. The summed E-state index contributed by atoms with van der Waals surface area (Å²) >= 11 is 4.01. The number of anilines is 1. The number of pyridine rings is 1. The zero-order chi connectivity index (χ0) is 5.98. The summed E-state index contributed by atoms with van der Waals surface area (Å²) in [4.78, 5) is 4.61. The molecule has 8 heavy (non-hydrogen) atoms. The van der Waals surface area contributed by atoms with Crippen LogP contribution in [0.1, 0.15) is 0 Å². The Labute approximate surface area is 53.1 Å². The molecule has 0 unspecified atom stereocenters. The van der Waals surface area contributed by atoms with Gasteiger partial charge < -0.3 is 5.73 Å². The highest BCUT2D eigenvalue weighted by Gasteiger charge is 1.82. The van der Waals surface area contributed by atoms with Gasteiger partial charge in [-0.1, -0.05) is 0 Å². The average Bonchev–Trinajstić information content (AvgIpc) is 1.77. The van der Waals surface area contributed by atoms with E-state index in [0.29, 0.717) is 5.82 Å². The van der Waals surface area contributed by atoms with E-state index in [1.54, 1.807) is 18.3 Å². The Kier molecular flexibility index (Phi) is 1.39. The van der Waals surface area contributed by atoms with Crippen LogP contribution < -0.4 is 5.73 Å². The van der Waals surface area contributed by atoms with Gasteiger partial charge in [0, 0.05) is 11.1 Å². The van der Waals surface area contributed by atoms with E-state index in [9.17, 15) is 0 Å². The number of nitrogen functional groups attached to an aromatic ring is 1. The molecule has 0 bridgehead atoms. The molecular weight excluding hydrogens is 120 g/mol. The van der Waals surface area contributed by atoms with E-state index in [-0.39, 0.29) is 0 Å². The van der Waals surface area contributed by atoms with E-state index in [1.165, 1.54) is 0 Å². The lowest BCUT2D eigenvalue weighted by Crippen LogP contribution is -1.86. The highest BCUT2D eigenvalue weighted by molar-refractivity contribution is 7.80. The summed E-state index contributed by atoms with van der Waals surface area (Å²) in [6.45, 7) is 0. The first kappa shape index (κ1) is 5.44. The highest BCUT2D eigenvalue weighted by Crippen LogP contribution is 2.03. The third-order valence-electron chi connectivity index (χ3n) is 0.771. The molecule has 0 aliphatic carbocycles. The van der Waals surface area contributed by atoms with Crippen LogP contribution in [0.2, 0.25) is 0 Å². The maximum Gasteiger partial charge on any atom is 0.123 e. The molecule has 3 heteroatoms. The van der Waals surface area contributed by atoms with Crippen LogP contribution in [0.3, 0.4) is 0 Å². The molecule has 1 aromatic heterocycles. The van der Waals surface area contributed by atoms with Gasteiger partial charge in [-0.25, -0.2) is 4.98 Å². The molecule has 0 aliphatic heterocycles. The molecular formula is C5H6N2S. The smallest absolute Gasteiger partial charge is 0.123 e. The van der Waals surface area contributed by atoms with Crippen molar-refractivity contribution in [2.24, 2.45) is 0 Å².